The molecule has 8 heteroatoms. The number of methoxy groups -OCH3 is 1. The Morgan fingerprint density at radius 2 is 2.19 bits per heavy atom. The van der Waals surface area contributed by atoms with Crippen molar-refractivity contribution in [2.75, 3.05) is 7.11 Å². The summed E-state index contributed by atoms with van der Waals surface area (Å²) in [6.45, 7) is 1.40. The minimum Gasteiger partial charge on any atom is -0.468 e. The minimum atomic E-state index is -3.71. The summed E-state index contributed by atoms with van der Waals surface area (Å²) in [7, 11) is -2.52. The van der Waals surface area contributed by atoms with Gasteiger partial charge in [-0.05, 0) is 19.1 Å². The standard InChI is InChI=1S/C8H10ClNO4S2/c1-5(8(11)14-2)10-16(12,13)7-4-3-6(9)15-7/h3-5,10H,1-2H3/t5-/m0/s1. The van der Waals surface area contributed by atoms with E-state index in [2.05, 4.69) is 9.46 Å². The summed E-state index contributed by atoms with van der Waals surface area (Å²) in [4.78, 5) is 11.1. The molecule has 0 radical (unpaired) electrons. The van der Waals surface area contributed by atoms with Crippen molar-refractivity contribution in [3.63, 3.8) is 0 Å². The van der Waals surface area contributed by atoms with E-state index in [0.29, 0.717) is 4.34 Å². The Hall–Kier alpha value is -0.630. The Kier molecular flexibility index (Phi) is 4.31. The lowest BCUT2D eigenvalue weighted by atomic mass is 10.4. The van der Waals surface area contributed by atoms with E-state index < -0.39 is 22.0 Å². The Bertz CT molecular complexity index is 482. The third kappa shape index (κ3) is 3.18. The quantitative estimate of drug-likeness (QED) is 0.844. The van der Waals surface area contributed by atoms with Crippen molar-refractivity contribution in [2.24, 2.45) is 0 Å². The topological polar surface area (TPSA) is 72.5 Å². The molecule has 0 bridgehead atoms. The zero-order valence-corrected chi connectivity index (χ0v) is 10.9. The molecule has 0 unspecified atom stereocenters. The van der Waals surface area contributed by atoms with Crippen LogP contribution in [0.3, 0.4) is 0 Å². The normalized spacial score (nSPS) is 13.4. The van der Waals surface area contributed by atoms with Crippen LogP contribution in [-0.2, 0) is 19.6 Å². The summed E-state index contributed by atoms with van der Waals surface area (Å²) in [6.07, 6.45) is 0. The van der Waals surface area contributed by atoms with E-state index in [1.807, 2.05) is 0 Å². The minimum absolute atomic E-state index is 0.0632. The van der Waals surface area contributed by atoms with Gasteiger partial charge in [-0.1, -0.05) is 11.6 Å². The largest absolute Gasteiger partial charge is 0.468 e. The number of thiophene rings is 1. The number of rotatable bonds is 4. The van der Waals surface area contributed by atoms with E-state index >= 15 is 0 Å². The molecule has 1 rings (SSSR count). The molecule has 1 N–H and O–H groups in total. The second kappa shape index (κ2) is 5.13. The molecule has 0 amide bonds. The van der Waals surface area contributed by atoms with Crippen molar-refractivity contribution >= 4 is 38.9 Å². The number of sulfonamides is 1. The van der Waals surface area contributed by atoms with Crippen LogP contribution in [-0.4, -0.2) is 27.5 Å². The van der Waals surface area contributed by atoms with Gasteiger partial charge in [0.25, 0.3) is 10.0 Å². The fourth-order valence-corrected chi connectivity index (χ4v) is 3.65. The van der Waals surface area contributed by atoms with E-state index in [1.165, 1.54) is 26.2 Å². The van der Waals surface area contributed by atoms with Gasteiger partial charge >= 0.3 is 5.97 Å². The molecule has 0 aliphatic carbocycles. The first-order chi connectivity index (χ1) is 7.36. The van der Waals surface area contributed by atoms with E-state index in [1.54, 1.807) is 0 Å². The van der Waals surface area contributed by atoms with Crippen LogP contribution in [0, 0.1) is 0 Å². The Morgan fingerprint density at radius 3 is 2.62 bits per heavy atom. The van der Waals surface area contributed by atoms with Crippen LogP contribution in [0.4, 0.5) is 0 Å². The van der Waals surface area contributed by atoms with Crippen molar-refractivity contribution in [3.05, 3.63) is 16.5 Å². The molecule has 0 aliphatic heterocycles. The van der Waals surface area contributed by atoms with Gasteiger partial charge in [0.1, 0.15) is 10.3 Å². The highest BCUT2D eigenvalue weighted by molar-refractivity contribution is 7.91. The van der Waals surface area contributed by atoms with Gasteiger partial charge in [-0.15, -0.1) is 11.3 Å². The van der Waals surface area contributed by atoms with Crippen molar-refractivity contribution in [3.8, 4) is 0 Å². The zero-order chi connectivity index (χ0) is 12.3. The summed E-state index contributed by atoms with van der Waals surface area (Å²) in [6, 6.07) is 1.92. The highest BCUT2D eigenvalue weighted by atomic mass is 35.5. The maximum absolute atomic E-state index is 11.7. The summed E-state index contributed by atoms with van der Waals surface area (Å²) >= 11 is 6.55. The summed E-state index contributed by atoms with van der Waals surface area (Å²) in [5.74, 6) is -0.647. The molecule has 0 aliphatic rings. The van der Waals surface area contributed by atoms with Crippen LogP contribution in [0.5, 0.6) is 0 Å². The average Bonchev–Trinajstić information content (AvgIpc) is 2.63. The maximum atomic E-state index is 11.7. The molecule has 1 atom stereocenters. The van der Waals surface area contributed by atoms with E-state index in [9.17, 15) is 13.2 Å². The Balaban J connectivity index is 2.84. The molecule has 1 aromatic heterocycles. The summed E-state index contributed by atoms with van der Waals surface area (Å²) < 4.78 is 30.4. The van der Waals surface area contributed by atoms with E-state index in [-0.39, 0.29) is 4.21 Å². The molecule has 0 aromatic carbocycles. The fraction of sp³-hybridized carbons (Fsp3) is 0.375. The number of nitrogens with one attached hydrogen (secondary N) is 1. The predicted octanol–water partition coefficient (Wildman–Crippen LogP) is 1.24. The third-order valence-electron chi connectivity index (χ3n) is 1.70. The zero-order valence-electron chi connectivity index (χ0n) is 8.56. The van der Waals surface area contributed by atoms with Gasteiger partial charge in [-0.3, -0.25) is 4.79 Å². The number of halogens is 1. The number of esters is 1. The van der Waals surface area contributed by atoms with Crippen LogP contribution in [0.2, 0.25) is 4.34 Å². The van der Waals surface area contributed by atoms with E-state index in [0.717, 1.165) is 11.3 Å². The highest BCUT2D eigenvalue weighted by Gasteiger charge is 2.23. The molecule has 1 aromatic rings. The SMILES string of the molecule is COC(=O)[C@H](C)NS(=O)(=O)c1ccc(Cl)s1. The van der Waals surface area contributed by atoms with Crippen LogP contribution >= 0.6 is 22.9 Å². The van der Waals surface area contributed by atoms with Crippen LogP contribution in [0.1, 0.15) is 6.92 Å². The second-order valence-electron chi connectivity index (χ2n) is 2.92. The smallest absolute Gasteiger partial charge is 0.323 e. The lowest BCUT2D eigenvalue weighted by molar-refractivity contribution is -0.142. The van der Waals surface area contributed by atoms with Gasteiger partial charge < -0.3 is 4.74 Å². The molecule has 0 saturated carbocycles. The second-order valence-corrected chi connectivity index (χ2v) is 6.58. The Labute approximate surface area is 102 Å². The number of hydrogen-bond acceptors (Lipinski definition) is 5. The summed E-state index contributed by atoms with van der Waals surface area (Å²) in [5.41, 5.74) is 0. The third-order valence-corrected chi connectivity index (χ3v) is 4.96. The molecular weight excluding hydrogens is 274 g/mol. The molecule has 0 spiro atoms. The van der Waals surface area contributed by atoms with E-state index in [4.69, 9.17) is 11.6 Å². The van der Waals surface area contributed by atoms with Gasteiger partial charge in [-0.25, -0.2) is 8.42 Å². The van der Waals surface area contributed by atoms with Gasteiger partial charge in [0.05, 0.1) is 11.4 Å². The van der Waals surface area contributed by atoms with Gasteiger partial charge in [0, 0.05) is 0 Å². The number of ether oxygens (including phenoxy) is 1. The molecule has 5 nitrogen and oxygen atoms in total. The number of carbonyl (C=O) groups is 1. The van der Waals surface area contributed by atoms with Gasteiger partial charge in [0.2, 0.25) is 0 Å². The molecule has 90 valence electrons. The Morgan fingerprint density at radius 1 is 1.56 bits per heavy atom. The first-order valence-corrected chi connectivity index (χ1v) is 6.90. The van der Waals surface area contributed by atoms with Crippen LogP contribution < -0.4 is 4.72 Å². The van der Waals surface area contributed by atoms with Crippen molar-refractivity contribution in [2.45, 2.75) is 17.2 Å². The lowest BCUT2D eigenvalue weighted by Crippen LogP contribution is -2.38. The molecule has 1 heterocycles. The van der Waals surface area contributed by atoms with Crippen molar-refractivity contribution < 1.29 is 17.9 Å². The molecular formula is C8H10ClNO4S2. The average molecular weight is 284 g/mol. The first kappa shape index (κ1) is 13.4. The van der Waals surface area contributed by atoms with Crippen molar-refractivity contribution in [1.29, 1.82) is 0 Å². The first-order valence-electron chi connectivity index (χ1n) is 4.22. The van der Waals surface area contributed by atoms with Gasteiger partial charge in [0.15, 0.2) is 0 Å². The lowest BCUT2D eigenvalue weighted by Gasteiger charge is -2.10. The molecule has 16 heavy (non-hydrogen) atoms. The molecule has 0 saturated heterocycles. The highest BCUT2D eigenvalue weighted by Crippen LogP contribution is 2.25. The number of hydrogen-bond donors (Lipinski definition) is 1. The van der Waals surface area contributed by atoms with Crippen molar-refractivity contribution in [1.82, 2.24) is 4.72 Å². The molecule has 0 fully saturated rings. The van der Waals surface area contributed by atoms with Gasteiger partial charge in [-0.2, -0.15) is 4.72 Å². The monoisotopic (exact) mass is 283 g/mol. The van der Waals surface area contributed by atoms with Crippen LogP contribution in [0.15, 0.2) is 16.3 Å². The maximum Gasteiger partial charge on any atom is 0.323 e. The number of carbonyl (C=O) groups excluding carboxylic acids is 1. The fourth-order valence-electron chi connectivity index (χ4n) is 0.958. The predicted molar refractivity (Wildman–Crippen MR) is 61.1 cm³/mol. The summed E-state index contributed by atoms with van der Waals surface area (Å²) in [5, 5.41) is 0. The van der Waals surface area contributed by atoms with Crippen LogP contribution in [0.25, 0.3) is 0 Å².